The molecule has 0 spiro atoms. The first-order chi connectivity index (χ1) is 10.4. The van der Waals surface area contributed by atoms with E-state index in [2.05, 4.69) is 0 Å². The molecule has 3 rings (SSSR count). The molecule has 2 fully saturated rings. The van der Waals surface area contributed by atoms with Crippen LogP contribution in [0, 0.1) is 0 Å². The molecule has 2 aliphatic heterocycles. The summed E-state index contributed by atoms with van der Waals surface area (Å²) in [6, 6.07) is 6.35. The standard InChI is InChI=1S/C15H17ClO6/c1-15(2)21-12-11(17)10(20-14(12)22-15)7-19-13(18)8-3-5-9(16)6-4-8/h3-6,10-12,14,17H,7H2,1-2H3/t10-,11+,12-,14-/m0/s1. The minimum absolute atomic E-state index is 0.0806. The molecule has 0 aliphatic carbocycles. The maximum absolute atomic E-state index is 11.9. The SMILES string of the molecule is CC1(C)O[C@@H]2O[C@@H](COC(=O)c3ccc(Cl)cc3)[C@@H](O)[C@@H]2O1. The molecule has 7 heteroatoms. The number of carbonyl (C=O) groups is 1. The summed E-state index contributed by atoms with van der Waals surface area (Å²) in [5, 5.41) is 10.7. The van der Waals surface area contributed by atoms with Crippen LogP contribution in [0.2, 0.25) is 5.02 Å². The highest BCUT2D eigenvalue weighted by molar-refractivity contribution is 6.30. The van der Waals surface area contributed by atoms with Crippen LogP contribution < -0.4 is 0 Å². The van der Waals surface area contributed by atoms with Gasteiger partial charge in [-0.05, 0) is 38.1 Å². The third-order valence-electron chi connectivity index (χ3n) is 3.57. The van der Waals surface area contributed by atoms with Gasteiger partial charge in [0, 0.05) is 5.02 Å². The predicted octanol–water partition coefficient (Wildman–Crippen LogP) is 1.73. The average molecular weight is 329 g/mol. The van der Waals surface area contributed by atoms with Gasteiger partial charge in [0.1, 0.15) is 24.9 Å². The number of ether oxygens (including phenoxy) is 4. The molecule has 2 heterocycles. The Labute approximate surface area is 132 Å². The summed E-state index contributed by atoms with van der Waals surface area (Å²) in [5.41, 5.74) is 0.380. The highest BCUT2D eigenvalue weighted by atomic mass is 35.5. The minimum atomic E-state index is -0.912. The van der Waals surface area contributed by atoms with Crippen molar-refractivity contribution in [3.8, 4) is 0 Å². The van der Waals surface area contributed by atoms with E-state index in [1.807, 2.05) is 0 Å². The van der Waals surface area contributed by atoms with Gasteiger partial charge in [-0.15, -0.1) is 0 Å². The second kappa shape index (κ2) is 5.79. The van der Waals surface area contributed by atoms with Gasteiger partial charge in [0.15, 0.2) is 12.1 Å². The zero-order valence-corrected chi connectivity index (χ0v) is 12.9. The Hall–Kier alpha value is -1.18. The van der Waals surface area contributed by atoms with E-state index in [1.165, 1.54) is 0 Å². The van der Waals surface area contributed by atoms with Gasteiger partial charge in [-0.3, -0.25) is 0 Å². The lowest BCUT2D eigenvalue weighted by atomic mass is 10.1. The number of aliphatic hydroxyl groups is 1. The summed E-state index contributed by atoms with van der Waals surface area (Å²) in [4.78, 5) is 11.9. The molecule has 1 N–H and O–H groups in total. The van der Waals surface area contributed by atoms with Gasteiger partial charge in [0.25, 0.3) is 0 Å². The molecule has 0 unspecified atom stereocenters. The van der Waals surface area contributed by atoms with Gasteiger partial charge < -0.3 is 24.1 Å². The molecule has 1 aromatic carbocycles. The van der Waals surface area contributed by atoms with Gasteiger partial charge in [0.2, 0.25) is 0 Å². The molecule has 0 aromatic heterocycles. The van der Waals surface area contributed by atoms with Crippen LogP contribution in [0.25, 0.3) is 0 Å². The van der Waals surface area contributed by atoms with E-state index in [9.17, 15) is 9.90 Å². The van der Waals surface area contributed by atoms with Crippen molar-refractivity contribution in [1.29, 1.82) is 0 Å². The number of hydrogen-bond acceptors (Lipinski definition) is 6. The Morgan fingerprint density at radius 1 is 1.32 bits per heavy atom. The van der Waals surface area contributed by atoms with E-state index in [-0.39, 0.29) is 6.61 Å². The van der Waals surface area contributed by atoms with Crippen molar-refractivity contribution >= 4 is 17.6 Å². The second-order valence-corrected chi connectivity index (χ2v) is 6.18. The van der Waals surface area contributed by atoms with E-state index in [0.29, 0.717) is 10.6 Å². The molecule has 4 atom stereocenters. The highest BCUT2D eigenvalue weighted by Crippen LogP contribution is 2.37. The van der Waals surface area contributed by atoms with Crippen molar-refractivity contribution in [2.45, 2.75) is 44.2 Å². The van der Waals surface area contributed by atoms with Gasteiger partial charge in [-0.25, -0.2) is 4.79 Å². The number of esters is 1. The second-order valence-electron chi connectivity index (χ2n) is 5.74. The van der Waals surface area contributed by atoms with Crippen molar-refractivity contribution in [3.05, 3.63) is 34.9 Å². The number of carbonyl (C=O) groups excluding carboxylic acids is 1. The minimum Gasteiger partial charge on any atom is -0.459 e. The quantitative estimate of drug-likeness (QED) is 0.852. The normalized spacial score (nSPS) is 32.7. The van der Waals surface area contributed by atoms with Crippen LogP contribution in [0.1, 0.15) is 24.2 Å². The van der Waals surface area contributed by atoms with E-state index < -0.39 is 36.4 Å². The number of hydrogen-bond donors (Lipinski definition) is 1. The Bertz CT molecular complexity index is 558. The topological polar surface area (TPSA) is 74.2 Å². The molecule has 1 aromatic rings. The van der Waals surface area contributed by atoms with E-state index in [4.69, 9.17) is 30.5 Å². The van der Waals surface area contributed by atoms with Crippen molar-refractivity contribution < 1.29 is 28.8 Å². The molecule has 22 heavy (non-hydrogen) atoms. The van der Waals surface area contributed by atoms with Crippen LogP contribution in [-0.4, -0.2) is 48.1 Å². The van der Waals surface area contributed by atoms with Crippen LogP contribution in [-0.2, 0) is 18.9 Å². The van der Waals surface area contributed by atoms with E-state index in [1.54, 1.807) is 38.1 Å². The van der Waals surface area contributed by atoms with Crippen molar-refractivity contribution in [3.63, 3.8) is 0 Å². The molecular weight excluding hydrogens is 312 g/mol. The Kier molecular flexibility index (Phi) is 4.13. The van der Waals surface area contributed by atoms with Crippen LogP contribution in [0.5, 0.6) is 0 Å². The molecule has 0 saturated carbocycles. The fraction of sp³-hybridized carbons (Fsp3) is 0.533. The number of benzene rings is 1. The van der Waals surface area contributed by atoms with Crippen molar-refractivity contribution in [2.75, 3.05) is 6.61 Å². The van der Waals surface area contributed by atoms with E-state index in [0.717, 1.165) is 0 Å². The lowest BCUT2D eigenvalue weighted by Gasteiger charge is -2.22. The molecule has 120 valence electrons. The molecular formula is C15H17ClO6. The predicted molar refractivity (Wildman–Crippen MR) is 76.4 cm³/mol. The Morgan fingerprint density at radius 2 is 2.00 bits per heavy atom. The summed E-state index contributed by atoms with van der Waals surface area (Å²) >= 11 is 5.76. The number of rotatable bonds is 3. The van der Waals surface area contributed by atoms with Crippen LogP contribution in [0.4, 0.5) is 0 Å². The smallest absolute Gasteiger partial charge is 0.338 e. The van der Waals surface area contributed by atoms with Gasteiger partial charge in [0.05, 0.1) is 5.56 Å². The molecule has 0 amide bonds. The molecule has 0 radical (unpaired) electrons. The molecule has 0 bridgehead atoms. The summed E-state index contributed by atoms with van der Waals surface area (Å²) in [5.74, 6) is -1.30. The fourth-order valence-corrected chi connectivity index (χ4v) is 2.65. The summed E-state index contributed by atoms with van der Waals surface area (Å²) in [7, 11) is 0. The third kappa shape index (κ3) is 3.11. The summed E-state index contributed by atoms with van der Waals surface area (Å²) < 4.78 is 21.8. The largest absolute Gasteiger partial charge is 0.459 e. The lowest BCUT2D eigenvalue weighted by molar-refractivity contribution is -0.218. The molecule has 2 saturated heterocycles. The zero-order valence-electron chi connectivity index (χ0n) is 12.2. The number of aliphatic hydroxyl groups excluding tert-OH is 1. The fourth-order valence-electron chi connectivity index (χ4n) is 2.52. The van der Waals surface area contributed by atoms with Crippen molar-refractivity contribution in [1.82, 2.24) is 0 Å². The molecule has 2 aliphatic rings. The van der Waals surface area contributed by atoms with Crippen LogP contribution in [0.15, 0.2) is 24.3 Å². The van der Waals surface area contributed by atoms with Gasteiger partial charge >= 0.3 is 5.97 Å². The summed E-state index contributed by atoms with van der Waals surface area (Å²) in [6.07, 6.45) is -2.81. The van der Waals surface area contributed by atoms with Gasteiger partial charge in [-0.1, -0.05) is 11.6 Å². The van der Waals surface area contributed by atoms with Crippen LogP contribution >= 0.6 is 11.6 Å². The first-order valence-corrected chi connectivity index (χ1v) is 7.35. The summed E-state index contributed by atoms with van der Waals surface area (Å²) in [6.45, 7) is 3.41. The zero-order chi connectivity index (χ0) is 15.9. The average Bonchev–Trinajstić information content (AvgIpc) is 2.91. The van der Waals surface area contributed by atoms with E-state index >= 15 is 0 Å². The first-order valence-electron chi connectivity index (χ1n) is 6.97. The highest BCUT2D eigenvalue weighted by Gasteiger charge is 2.54. The van der Waals surface area contributed by atoms with Crippen molar-refractivity contribution in [2.24, 2.45) is 0 Å². The number of fused-ring (bicyclic) bond motifs is 1. The maximum atomic E-state index is 11.9. The first kappa shape index (κ1) is 15.7. The number of halogens is 1. The van der Waals surface area contributed by atoms with Gasteiger partial charge in [-0.2, -0.15) is 0 Å². The molecule has 6 nitrogen and oxygen atoms in total. The Morgan fingerprint density at radius 3 is 2.64 bits per heavy atom. The van der Waals surface area contributed by atoms with Crippen LogP contribution in [0.3, 0.4) is 0 Å². The lowest BCUT2D eigenvalue weighted by Crippen LogP contribution is -2.37. The third-order valence-corrected chi connectivity index (χ3v) is 3.83. The maximum Gasteiger partial charge on any atom is 0.338 e. The Balaban J connectivity index is 1.55. The monoisotopic (exact) mass is 328 g/mol.